The molecule has 8 heavy (non-hydrogen) atoms. The van der Waals surface area contributed by atoms with Crippen molar-refractivity contribution in [1.29, 1.82) is 0 Å². The molecule has 1 aliphatic rings. The summed E-state index contributed by atoms with van der Waals surface area (Å²) in [5.41, 5.74) is 0. The highest BCUT2D eigenvalue weighted by atomic mass is 16.5. The maximum absolute atomic E-state index is 5.07. The number of methoxy groups -OCH3 is 1. The molecule has 0 unspecified atom stereocenters. The minimum absolute atomic E-state index is 0.792. The Bertz CT molecular complexity index is 64.0. The zero-order valence-corrected chi connectivity index (χ0v) is 5.61. The molecule has 47 valence electrons. The highest BCUT2D eigenvalue weighted by molar-refractivity contribution is 4.87. The van der Waals surface area contributed by atoms with E-state index in [1.807, 2.05) is 0 Å². The minimum atomic E-state index is 0.792. The molecule has 1 radical (unpaired) electrons. The lowest BCUT2D eigenvalue weighted by Crippen LogP contribution is -2.18. The Morgan fingerprint density at radius 1 is 1.50 bits per heavy atom. The first-order chi connectivity index (χ1) is 3.84. The van der Waals surface area contributed by atoms with Crippen molar-refractivity contribution < 1.29 is 4.74 Å². The number of ether oxygens (including phenoxy) is 1. The summed E-state index contributed by atoms with van der Waals surface area (Å²) >= 11 is 0. The second-order valence-corrected chi connectivity index (χ2v) is 2.44. The molecular formula is C7H13O. The second kappa shape index (κ2) is 2.49. The standard InChI is InChI=1S/C7H13O/c1-6(8-2)7-4-3-5-7/h7H,3-5H2,1-2H3. The van der Waals surface area contributed by atoms with E-state index in [0.717, 1.165) is 5.92 Å². The van der Waals surface area contributed by atoms with E-state index in [4.69, 9.17) is 4.74 Å². The summed E-state index contributed by atoms with van der Waals surface area (Å²) in [5.74, 6) is 0.792. The van der Waals surface area contributed by atoms with Gasteiger partial charge in [-0.25, -0.2) is 0 Å². The molecule has 1 nitrogen and oxygen atoms in total. The topological polar surface area (TPSA) is 9.23 Å². The Labute approximate surface area is 51.0 Å². The van der Waals surface area contributed by atoms with Crippen molar-refractivity contribution in [3.05, 3.63) is 6.10 Å². The van der Waals surface area contributed by atoms with Crippen LogP contribution in [0.3, 0.4) is 0 Å². The summed E-state index contributed by atoms with van der Waals surface area (Å²) in [6, 6.07) is 0. The van der Waals surface area contributed by atoms with Gasteiger partial charge < -0.3 is 4.74 Å². The van der Waals surface area contributed by atoms with Crippen LogP contribution in [0, 0.1) is 12.0 Å². The summed E-state index contributed by atoms with van der Waals surface area (Å²) in [6.07, 6.45) is 5.31. The van der Waals surface area contributed by atoms with E-state index >= 15 is 0 Å². The lowest BCUT2D eigenvalue weighted by molar-refractivity contribution is 0.123. The third kappa shape index (κ3) is 1.03. The van der Waals surface area contributed by atoms with Gasteiger partial charge in [0.1, 0.15) is 0 Å². The molecule has 1 heteroatoms. The van der Waals surface area contributed by atoms with Crippen molar-refractivity contribution in [2.24, 2.45) is 5.92 Å². The van der Waals surface area contributed by atoms with E-state index in [-0.39, 0.29) is 0 Å². The molecule has 0 heterocycles. The average molecular weight is 113 g/mol. The van der Waals surface area contributed by atoms with E-state index in [2.05, 4.69) is 6.92 Å². The molecule has 0 aromatic rings. The SMILES string of the molecule is CO[C](C)C1CCC1. The van der Waals surface area contributed by atoms with Gasteiger partial charge in [-0.2, -0.15) is 0 Å². The van der Waals surface area contributed by atoms with Crippen LogP contribution in [-0.2, 0) is 4.74 Å². The van der Waals surface area contributed by atoms with Crippen LogP contribution in [-0.4, -0.2) is 7.11 Å². The van der Waals surface area contributed by atoms with Crippen LogP contribution in [0.4, 0.5) is 0 Å². The number of hydrogen-bond donors (Lipinski definition) is 0. The van der Waals surface area contributed by atoms with E-state index < -0.39 is 0 Å². The molecule has 1 rings (SSSR count). The second-order valence-electron chi connectivity index (χ2n) is 2.44. The summed E-state index contributed by atoms with van der Waals surface area (Å²) in [7, 11) is 1.76. The quantitative estimate of drug-likeness (QED) is 0.532. The largest absolute Gasteiger partial charge is 0.375 e. The molecule has 0 aromatic carbocycles. The van der Waals surface area contributed by atoms with Gasteiger partial charge >= 0.3 is 0 Å². The molecule has 1 aliphatic carbocycles. The van der Waals surface area contributed by atoms with Gasteiger partial charge in [0.05, 0.1) is 6.10 Å². The molecule has 1 saturated carbocycles. The van der Waals surface area contributed by atoms with Crippen LogP contribution in [0.25, 0.3) is 0 Å². The summed E-state index contributed by atoms with van der Waals surface area (Å²) < 4.78 is 5.07. The Morgan fingerprint density at radius 3 is 2.25 bits per heavy atom. The first-order valence-electron chi connectivity index (χ1n) is 3.22. The van der Waals surface area contributed by atoms with Crippen LogP contribution in [0.1, 0.15) is 26.2 Å². The average Bonchev–Trinajstić information content (AvgIpc) is 1.62. The van der Waals surface area contributed by atoms with Crippen LogP contribution in [0.5, 0.6) is 0 Å². The van der Waals surface area contributed by atoms with E-state index in [1.54, 1.807) is 7.11 Å². The molecule has 0 saturated heterocycles. The lowest BCUT2D eigenvalue weighted by Gasteiger charge is -2.29. The summed E-state index contributed by atoms with van der Waals surface area (Å²) in [4.78, 5) is 0. The van der Waals surface area contributed by atoms with Gasteiger partial charge in [-0.3, -0.25) is 0 Å². The third-order valence-electron chi connectivity index (χ3n) is 2.00. The summed E-state index contributed by atoms with van der Waals surface area (Å²) in [5, 5.41) is 0. The molecule has 0 bridgehead atoms. The van der Waals surface area contributed by atoms with E-state index in [9.17, 15) is 0 Å². The first-order valence-corrected chi connectivity index (χ1v) is 3.22. The maximum Gasteiger partial charge on any atom is 0.0966 e. The Hall–Kier alpha value is -0.0400. The van der Waals surface area contributed by atoms with Crippen LogP contribution in [0.2, 0.25) is 0 Å². The van der Waals surface area contributed by atoms with Crippen molar-refractivity contribution in [3.63, 3.8) is 0 Å². The molecule has 0 atom stereocenters. The van der Waals surface area contributed by atoms with Crippen LogP contribution in [0.15, 0.2) is 0 Å². The van der Waals surface area contributed by atoms with Gasteiger partial charge in [0, 0.05) is 7.11 Å². The van der Waals surface area contributed by atoms with Gasteiger partial charge in [0.25, 0.3) is 0 Å². The Kier molecular flexibility index (Phi) is 1.90. The zero-order chi connectivity index (χ0) is 5.98. The predicted molar refractivity (Wildman–Crippen MR) is 33.3 cm³/mol. The van der Waals surface area contributed by atoms with Crippen molar-refractivity contribution in [2.75, 3.05) is 7.11 Å². The van der Waals surface area contributed by atoms with Crippen molar-refractivity contribution in [2.45, 2.75) is 26.2 Å². The minimum Gasteiger partial charge on any atom is -0.375 e. The third-order valence-corrected chi connectivity index (χ3v) is 2.00. The highest BCUT2D eigenvalue weighted by Crippen LogP contribution is 2.34. The molecular weight excluding hydrogens is 100 g/mol. The molecule has 0 N–H and O–H groups in total. The van der Waals surface area contributed by atoms with Crippen molar-refractivity contribution >= 4 is 0 Å². The zero-order valence-electron chi connectivity index (χ0n) is 5.61. The fourth-order valence-electron chi connectivity index (χ4n) is 0.981. The Balaban J connectivity index is 2.13. The van der Waals surface area contributed by atoms with Crippen molar-refractivity contribution in [1.82, 2.24) is 0 Å². The monoisotopic (exact) mass is 113 g/mol. The normalized spacial score (nSPS) is 21.4. The van der Waals surface area contributed by atoms with Gasteiger partial charge in [0.15, 0.2) is 0 Å². The number of hydrogen-bond acceptors (Lipinski definition) is 1. The molecule has 0 aliphatic heterocycles. The molecule has 0 spiro atoms. The van der Waals surface area contributed by atoms with Gasteiger partial charge in [0.2, 0.25) is 0 Å². The lowest BCUT2D eigenvalue weighted by atomic mass is 9.82. The first kappa shape index (κ1) is 6.09. The van der Waals surface area contributed by atoms with Gasteiger partial charge in [-0.1, -0.05) is 6.42 Å². The smallest absolute Gasteiger partial charge is 0.0966 e. The fourth-order valence-corrected chi connectivity index (χ4v) is 0.981. The van der Waals surface area contributed by atoms with Crippen LogP contribution >= 0.6 is 0 Å². The van der Waals surface area contributed by atoms with E-state index in [0.29, 0.717) is 0 Å². The van der Waals surface area contributed by atoms with Gasteiger partial charge in [-0.15, -0.1) is 0 Å². The van der Waals surface area contributed by atoms with Gasteiger partial charge in [-0.05, 0) is 25.7 Å². The maximum atomic E-state index is 5.07. The van der Waals surface area contributed by atoms with E-state index in [1.165, 1.54) is 25.4 Å². The predicted octanol–water partition coefficient (Wildman–Crippen LogP) is 1.98. The highest BCUT2D eigenvalue weighted by Gasteiger charge is 2.23. The Morgan fingerprint density at radius 2 is 2.12 bits per heavy atom. The molecule has 0 amide bonds. The fraction of sp³-hybridized carbons (Fsp3) is 0.857. The van der Waals surface area contributed by atoms with Crippen LogP contribution < -0.4 is 0 Å². The summed E-state index contributed by atoms with van der Waals surface area (Å²) in [6.45, 7) is 2.07. The molecule has 0 aromatic heterocycles. The molecule has 1 fully saturated rings. The van der Waals surface area contributed by atoms with Crippen molar-refractivity contribution in [3.8, 4) is 0 Å². The number of rotatable bonds is 2.